The molecule has 0 bridgehead atoms. The minimum absolute atomic E-state index is 0.116. The molecule has 3 heterocycles. The molecular weight excluding hydrogens is 322 g/mol. The molecule has 3 rings (SSSR count). The molecule has 7 heteroatoms. The van der Waals surface area contributed by atoms with Gasteiger partial charge in [0.1, 0.15) is 0 Å². The molecule has 2 aliphatic heterocycles. The number of hydrogen-bond acceptors (Lipinski definition) is 4. The van der Waals surface area contributed by atoms with E-state index in [-0.39, 0.29) is 17.4 Å². The second-order valence-electron chi connectivity index (χ2n) is 7.01. The van der Waals surface area contributed by atoms with E-state index in [0.29, 0.717) is 38.2 Å². The Hall–Kier alpha value is -2.15. The van der Waals surface area contributed by atoms with Crippen LogP contribution in [-0.2, 0) is 16.6 Å². The van der Waals surface area contributed by atoms with Crippen LogP contribution in [0.5, 0.6) is 0 Å². The highest BCUT2D eigenvalue weighted by Crippen LogP contribution is 2.40. The van der Waals surface area contributed by atoms with Crippen LogP contribution in [0.3, 0.4) is 0 Å². The molecule has 0 aromatic carbocycles. The minimum atomic E-state index is -0.456. The number of likely N-dealkylation sites (tertiary alicyclic amines) is 2. The van der Waals surface area contributed by atoms with Crippen molar-refractivity contribution in [2.24, 2.45) is 12.5 Å². The molecule has 25 heavy (non-hydrogen) atoms. The van der Waals surface area contributed by atoms with Crippen LogP contribution < -0.4 is 5.56 Å². The van der Waals surface area contributed by atoms with Crippen molar-refractivity contribution in [3.8, 4) is 0 Å². The fraction of sp³-hybridized carbons (Fsp3) is 0.611. The molecule has 2 fully saturated rings. The van der Waals surface area contributed by atoms with E-state index in [1.807, 2.05) is 4.90 Å². The molecule has 1 atom stereocenters. The van der Waals surface area contributed by atoms with Gasteiger partial charge in [-0.25, -0.2) is 0 Å². The van der Waals surface area contributed by atoms with E-state index >= 15 is 0 Å². The van der Waals surface area contributed by atoms with Crippen LogP contribution in [0.2, 0.25) is 0 Å². The van der Waals surface area contributed by atoms with Crippen molar-refractivity contribution in [1.82, 2.24) is 14.4 Å². The third-order valence-electron chi connectivity index (χ3n) is 5.36. The summed E-state index contributed by atoms with van der Waals surface area (Å²) in [6, 6.07) is 2.96. The Morgan fingerprint density at radius 3 is 2.76 bits per heavy atom. The Morgan fingerprint density at radius 2 is 2.04 bits per heavy atom. The summed E-state index contributed by atoms with van der Waals surface area (Å²) in [6.07, 6.45) is 4.04. The van der Waals surface area contributed by atoms with Gasteiger partial charge in [-0.05, 0) is 25.3 Å². The maximum Gasteiger partial charge on any atom is 0.255 e. The zero-order valence-electron chi connectivity index (χ0n) is 14.9. The maximum absolute atomic E-state index is 12.9. The fourth-order valence-corrected chi connectivity index (χ4v) is 3.89. The lowest BCUT2D eigenvalue weighted by Gasteiger charge is -2.39. The number of ether oxygens (including phenoxy) is 1. The highest BCUT2D eigenvalue weighted by atomic mass is 16.5. The van der Waals surface area contributed by atoms with Gasteiger partial charge < -0.3 is 19.1 Å². The van der Waals surface area contributed by atoms with Gasteiger partial charge in [-0.2, -0.15) is 0 Å². The second kappa shape index (κ2) is 7.00. The van der Waals surface area contributed by atoms with Crippen molar-refractivity contribution in [3.63, 3.8) is 0 Å². The summed E-state index contributed by atoms with van der Waals surface area (Å²) in [5.41, 5.74) is -0.119. The van der Waals surface area contributed by atoms with Gasteiger partial charge >= 0.3 is 0 Å². The molecule has 0 unspecified atom stereocenters. The van der Waals surface area contributed by atoms with Crippen LogP contribution >= 0.6 is 0 Å². The zero-order chi connectivity index (χ0) is 18.0. The van der Waals surface area contributed by atoms with Crippen molar-refractivity contribution < 1.29 is 14.3 Å². The summed E-state index contributed by atoms with van der Waals surface area (Å²) in [4.78, 5) is 40.8. The van der Waals surface area contributed by atoms with Gasteiger partial charge in [-0.15, -0.1) is 0 Å². The number of carbonyl (C=O) groups is 2. The topological polar surface area (TPSA) is 71.8 Å². The Labute approximate surface area is 147 Å². The number of hydrogen-bond donors (Lipinski definition) is 0. The van der Waals surface area contributed by atoms with Gasteiger partial charge in [0.2, 0.25) is 11.5 Å². The fourth-order valence-electron chi connectivity index (χ4n) is 3.89. The predicted molar refractivity (Wildman–Crippen MR) is 92.3 cm³/mol. The first-order valence-corrected chi connectivity index (χ1v) is 8.71. The molecule has 136 valence electrons. The van der Waals surface area contributed by atoms with Gasteiger partial charge in [-0.1, -0.05) is 0 Å². The number of carbonyl (C=O) groups excluding carboxylic acids is 2. The average Bonchev–Trinajstić information content (AvgIpc) is 3.03. The molecule has 0 N–H and O–H groups in total. The van der Waals surface area contributed by atoms with Gasteiger partial charge in [0.15, 0.2) is 0 Å². The average molecular weight is 347 g/mol. The second-order valence-corrected chi connectivity index (χ2v) is 7.01. The first-order chi connectivity index (χ1) is 12.0. The number of methoxy groups -OCH3 is 1. The molecule has 0 aliphatic carbocycles. The van der Waals surface area contributed by atoms with E-state index in [1.54, 1.807) is 31.3 Å². The van der Waals surface area contributed by atoms with E-state index in [4.69, 9.17) is 4.74 Å². The number of rotatable bonds is 4. The smallest absolute Gasteiger partial charge is 0.255 e. The van der Waals surface area contributed by atoms with Crippen molar-refractivity contribution in [1.29, 1.82) is 0 Å². The van der Waals surface area contributed by atoms with Crippen LogP contribution in [0.4, 0.5) is 0 Å². The molecule has 2 amide bonds. The Bertz CT molecular complexity index is 729. The molecule has 1 spiro atoms. The maximum atomic E-state index is 12.9. The van der Waals surface area contributed by atoms with Crippen LogP contribution in [0.25, 0.3) is 0 Å². The molecule has 0 saturated carbocycles. The number of aromatic nitrogens is 1. The van der Waals surface area contributed by atoms with Crippen LogP contribution in [0.15, 0.2) is 23.1 Å². The van der Waals surface area contributed by atoms with E-state index in [0.717, 1.165) is 19.4 Å². The third-order valence-corrected chi connectivity index (χ3v) is 5.36. The molecular formula is C18H25N3O4. The SMILES string of the molecule is COCCN1CCC[C@]2(CCN(C(=O)c3ccc(=O)n(C)c3)C2)C1=O. The van der Waals surface area contributed by atoms with Gasteiger partial charge in [0, 0.05) is 52.6 Å². The summed E-state index contributed by atoms with van der Waals surface area (Å²) in [6.45, 7) is 2.93. The summed E-state index contributed by atoms with van der Waals surface area (Å²) in [7, 11) is 3.26. The van der Waals surface area contributed by atoms with Crippen molar-refractivity contribution in [3.05, 3.63) is 34.2 Å². The van der Waals surface area contributed by atoms with Crippen LogP contribution in [-0.4, -0.2) is 66.1 Å². The number of piperidine rings is 1. The number of pyridine rings is 1. The normalized spacial score (nSPS) is 23.5. The molecule has 7 nitrogen and oxygen atoms in total. The molecule has 2 aliphatic rings. The lowest BCUT2D eigenvalue weighted by Crippen LogP contribution is -2.51. The van der Waals surface area contributed by atoms with E-state index in [9.17, 15) is 14.4 Å². The summed E-state index contributed by atoms with van der Waals surface area (Å²) in [5, 5.41) is 0. The minimum Gasteiger partial charge on any atom is -0.383 e. The predicted octanol–water partition coefficient (Wildman–Crippen LogP) is 0.486. The van der Waals surface area contributed by atoms with Crippen molar-refractivity contribution in [2.45, 2.75) is 19.3 Å². The number of aryl methyl sites for hydroxylation is 1. The quantitative estimate of drug-likeness (QED) is 0.795. The van der Waals surface area contributed by atoms with Crippen LogP contribution in [0.1, 0.15) is 29.6 Å². The first kappa shape index (κ1) is 17.7. The molecule has 1 aromatic rings. The Kier molecular flexibility index (Phi) is 4.94. The standard InChI is InChI=1S/C18H25N3O4/c1-19-12-14(4-5-15(19)22)16(23)21-9-7-18(13-21)6-3-8-20(17(18)24)10-11-25-2/h4-5,12H,3,6-11,13H2,1-2H3/t18-/m1/s1. The lowest BCUT2D eigenvalue weighted by molar-refractivity contribution is -0.146. The Balaban J connectivity index is 1.73. The highest BCUT2D eigenvalue weighted by Gasteiger charge is 2.49. The Morgan fingerprint density at radius 1 is 1.24 bits per heavy atom. The summed E-state index contributed by atoms with van der Waals surface area (Å²) < 4.78 is 6.50. The van der Waals surface area contributed by atoms with Gasteiger partial charge in [0.05, 0.1) is 17.6 Å². The molecule has 1 aromatic heterocycles. The first-order valence-electron chi connectivity index (χ1n) is 8.71. The zero-order valence-corrected chi connectivity index (χ0v) is 14.9. The van der Waals surface area contributed by atoms with Gasteiger partial charge in [-0.3, -0.25) is 14.4 Å². The lowest BCUT2D eigenvalue weighted by atomic mass is 9.78. The van der Waals surface area contributed by atoms with E-state index in [1.165, 1.54) is 10.6 Å². The van der Waals surface area contributed by atoms with Crippen molar-refractivity contribution in [2.75, 3.05) is 39.9 Å². The van der Waals surface area contributed by atoms with Crippen LogP contribution in [0, 0.1) is 5.41 Å². The highest BCUT2D eigenvalue weighted by molar-refractivity contribution is 5.95. The molecule has 0 radical (unpaired) electrons. The number of amides is 2. The van der Waals surface area contributed by atoms with Crippen molar-refractivity contribution >= 4 is 11.8 Å². The van der Waals surface area contributed by atoms with Gasteiger partial charge in [0.25, 0.3) is 5.91 Å². The third kappa shape index (κ3) is 3.33. The summed E-state index contributed by atoms with van der Waals surface area (Å²) in [5.74, 6) is 0.0286. The van der Waals surface area contributed by atoms with E-state index in [2.05, 4.69) is 0 Å². The molecule has 2 saturated heterocycles. The monoisotopic (exact) mass is 347 g/mol. The van der Waals surface area contributed by atoms with E-state index < -0.39 is 5.41 Å². The number of nitrogens with zero attached hydrogens (tertiary/aromatic N) is 3. The summed E-state index contributed by atoms with van der Waals surface area (Å²) >= 11 is 0. The largest absolute Gasteiger partial charge is 0.383 e.